The van der Waals surface area contributed by atoms with E-state index in [0.29, 0.717) is 25.1 Å². The number of rotatable bonds is 6. The lowest BCUT2D eigenvalue weighted by atomic mass is 9.77. The van der Waals surface area contributed by atoms with E-state index in [2.05, 4.69) is 43.0 Å². The summed E-state index contributed by atoms with van der Waals surface area (Å²) >= 11 is 0. The Morgan fingerprint density at radius 2 is 2.16 bits per heavy atom. The number of hydrogen-bond acceptors (Lipinski definition) is 3. The minimum atomic E-state index is -0.121. The summed E-state index contributed by atoms with van der Waals surface area (Å²) in [6.07, 6.45) is 1.13. The van der Waals surface area contributed by atoms with Gasteiger partial charge >= 0.3 is 5.97 Å². The van der Waals surface area contributed by atoms with Gasteiger partial charge in [0.15, 0.2) is 0 Å². The molecule has 1 aromatic carbocycles. The van der Waals surface area contributed by atoms with Crippen molar-refractivity contribution in [3.63, 3.8) is 0 Å². The minimum Gasteiger partial charge on any atom is -0.465 e. The largest absolute Gasteiger partial charge is 0.465 e. The van der Waals surface area contributed by atoms with Crippen molar-refractivity contribution in [2.45, 2.75) is 39.2 Å². The van der Waals surface area contributed by atoms with E-state index in [1.165, 1.54) is 11.1 Å². The molecule has 3 nitrogen and oxygen atoms in total. The van der Waals surface area contributed by atoms with Gasteiger partial charge in [-0.15, -0.1) is 0 Å². The highest BCUT2D eigenvalue weighted by atomic mass is 16.5. The third kappa shape index (κ3) is 3.35. The number of nitrogens with zero attached hydrogens (tertiary/aromatic N) is 1. The molecular formula is C16H23NO2. The molecule has 0 fully saturated rings. The van der Waals surface area contributed by atoms with Crippen molar-refractivity contribution in [2.75, 3.05) is 19.7 Å². The van der Waals surface area contributed by atoms with Crippen LogP contribution in [-0.4, -0.2) is 36.6 Å². The first-order chi connectivity index (χ1) is 9.11. The fourth-order valence-corrected chi connectivity index (χ4v) is 2.64. The van der Waals surface area contributed by atoms with Crippen molar-refractivity contribution in [1.82, 2.24) is 4.90 Å². The fourth-order valence-electron chi connectivity index (χ4n) is 2.64. The summed E-state index contributed by atoms with van der Waals surface area (Å²) < 4.78 is 5.04. The van der Waals surface area contributed by atoms with Crippen LogP contribution in [-0.2, 0) is 16.0 Å². The topological polar surface area (TPSA) is 29.5 Å². The second kappa shape index (κ2) is 6.20. The highest BCUT2D eigenvalue weighted by Gasteiger charge is 2.28. The van der Waals surface area contributed by atoms with Gasteiger partial charge in [-0.2, -0.15) is 0 Å². The normalized spacial score (nSPS) is 17.2. The lowest BCUT2D eigenvalue weighted by Gasteiger charge is -2.36. The maximum absolute atomic E-state index is 11.6. The van der Waals surface area contributed by atoms with Gasteiger partial charge in [0.25, 0.3) is 0 Å². The van der Waals surface area contributed by atoms with Crippen molar-refractivity contribution in [1.29, 1.82) is 0 Å². The van der Waals surface area contributed by atoms with E-state index in [1.807, 2.05) is 6.92 Å². The number of benzene rings is 1. The Morgan fingerprint density at radius 3 is 2.79 bits per heavy atom. The quantitative estimate of drug-likeness (QED) is 0.737. The molecule has 0 heterocycles. The maximum atomic E-state index is 11.6. The standard InChI is InChI=1S/C16H23NO2/c1-4-19-16(18)11-17(12(2)3)10-14-9-13-7-5-6-8-15(13)14/h5-8,12,14H,4,9-11H2,1-3H3. The molecule has 0 bridgehead atoms. The maximum Gasteiger partial charge on any atom is 0.320 e. The molecule has 1 atom stereocenters. The zero-order valence-electron chi connectivity index (χ0n) is 12.1. The van der Waals surface area contributed by atoms with E-state index in [1.54, 1.807) is 0 Å². The van der Waals surface area contributed by atoms with Crippen LogP contribution in [0.4, 0.5) is 0 Å². The molecule has 1 aliphatic carbocycles. The smallest absolute Gasteiger partial charge is 0.320 e. The Hall–Kier alpha value is -1.35. The number of fused-ring (bicyclic) bond motifs is 1. The highest BCUT2D eigenvalue weighted by Crippen LogP contribution is 2.35. The van der Waals surface area contributed by atoms with Crippen LogP contribution >= 0.6 is 0 Å². The van der Waals surface area contributed by atoms with Gasteiger partial charge in [-0.25, -0.2) is 0 Å². The number of carbonyl (C=O) groups is 1. The molecule has 1 aromatic rings. The van der Waals surface area contributed by atoms with Crippen molar-refractivity contribution in [2.24, 2.45) is 0 Å². The van der Waals surface area contributed by atoms with E-state index < -0.39 is 0 Å². The Labute approximate surface area is 115 Å². The second-order valence-corrected chi connectivity index (χ2v) is 5.43. The second-order valence-electron chi connectivity index (χ2n) is 5.43. The molecule has 0 amide bonds. The summed E-state index contributed by atoms with van der Waals surface area (Å²) in [7, 11) is 0. The third-order valence-electron chi connectivity index (χ3n) is 3.78. The van der Waals surface area contributed by atoms with Crippen LogP contribution in [0.15, 0.2) is 24.3 Å². The van der Waals surface area contributed by atoms with Crippen molar-refractivity contribution in [3.8, 4) is 0 Å². The van der Waals surface area contributed by atoms with Gasteiger partial charge in [-0.05, 0) is 38.3 Å². The number of esters is 1. The summed E-state index contributed by atoms with van der Waals surface area (Å²) in [6, 6.07) is 8.94. The number of ether oxygens (including phenoxy) is 1. The predicted molar refractivity (Wildman–Crippen MR) is 76.2 cm³/mol. The molecular weight excluding hydrogens is 238 g/mol. The van der Waals surface area contributed by atoms with E-state index >= 15 is 0 Å². The first-order valence-corrected chi connectivity index (χ1v) is 7.09. The Balaban J connectivity index is 1.94. The summed E-state index contributed by atoms with van der Waals surface area (Å²) in [5.41, 5.74) is 2.89. The fraction of sp³-hybridized carbons (Fsp3) is 0.562. The van der Waals surface area contributed by atoms with Gasteiger partial charge < -0.3 is 4.74 Å². The monoisotopic (exact) mass is 261 g/mol. The van der Waals surface area contributed by atoms with Gasteiger partial charge in [0, 0.05) is 18.5 Å². The van der Waals surface area contributed by atoms with E-state index in [-0.39, 0.29) is 5.97 Å². The van der Waals surface area contributed by atoms with Gasteiger partial charge in [0.2, 0.25) is 0 Å². The summed E-state index contributed by atoms with van der Waals surface area (Å²) in [6.45, 7) is 7.89. The SMILES string of the molecule is CCOC(=O)CN(CC1Cc2ccccc21)C(C)C. The van der Waals surface area contributed by atoms with E-state index in [9.17, 15) is 4.79 Å². The van der Waals surface area contributed by atoms with Gasteiger partial charge in [0.1, 0.15) is 0 Å². The molecule has 2 rings (SSSR count). The Kier molecular flexibility index (Phi) is 4.59. The van der Waals surface area contributed by atoms with Crippen LogP contribution < -0.4 is 0 Å². The lowest BCUT2D eigenvalue weighted by molar-refractivity contribution is -0.145. The van der Waals surface area contributed by atoms with Crippen molar-refractivity contribution >= 4 is 5.97 Å². The summed E-state index contributed by atoms with van der Waals surface area (Å²) in [5, 5.41) is 0. The van der Waals surface area contributed by atoms with E-state index in [0.717, 1.165) is 13.0 Å². The molecule has 0 aliphatic heterocycles. The van der Waals surface area contributed by atoms with Crippen molar-refractivity contribution < 1.29 is 9.53 Å². The number of carbonyl (C=O) groups excluding carboxylic acids is 1. The van der Waals surface area contributed by atoms with Gasteiger partial charge in [-0.3, -0.25) is 9.69 Å². The van der Waals surface area contributed by atoms with E-state index in [4.69, 9.17) is 4.74 Å². The molecule has 19 heavy (non-hydrogen) atoms. The van der Waals surface area contributed by atoms with Crippen LogP contribution in [0.25, 0.3) is 0 Å². The minimum absolute atomic E-state index is 0.121. The molecule has 0 saturated carbocycles. The Morgan fingerprint density at radius 1 is 1.42 bits per heavy atom. The van der Waals surface area contributed by atoms with Crippen LogP contribution in [0.3, 0.4) is 0 Å². The van der Waals surface area contributed by atoms with Gasteiger partial charge in [-0.1, -0.05) is 24.3 Å². The first kappa shape index (κ1) is 14.1. The highest BCUT2D eigenvalue weighted by molar-refractivity contribution is 5.71. The zero-order valence-corrected chi connectivity index (χ0v) is 12.1. The van der Waals surface area contributed by atoms with Crippen LogP contribution in [0.5, 0.6) is 0 Å². The molecule has 0 radical (unpaired) electrons. The first-order valence-electron chi connectivity index (χ1n) is 7.09. The van der Waals surface area contributed by atoms with Crippen LogP contribution in [0.2, 0.25) is 0 Å². The van der Waals surface area contributed by atoms with Crippen LogP contribution in [0, 0.1) is 0 Å². The molecule has 0 N–H and O–H groups in total. The molecule has 1 unspecified atom stereocenters. The molecule has 0 spiro atoms. The molecule has 1 aliphatic rings. The average molecular weight is 261 g/mol. The molecule has 0 saturated heterocycles. The summed E-state index contributed by atoms with van der Waals surface area (Å²) in [4.78, 5) is 13.8. The zero-order chi connectivity index (χ0) is 13.8. The molecule has 104 valence electrons. The number of hydrogen-bond donors (Lipinski definition) is 0. The lowest BCUT2D eigenvalue weighted by Crippen LogP contribution is -2.41. The average Bonchev–Trinajstić information content (AvgIpc) is 2.34. The van der Waals surface area contributed by atoms with Crippen molar-refractivity contribution in [3.05, 3.63) is 35.4 Å². The van der Waals surface area contributed by atoms with Crippen LogP contribution in [0.1, 0.15) is 37.8 Å². The predicted octanol–water partition coefficient (Wildman–Crippen LogP) is 2.60. The third-order valence-corrected chi connectivity index (χ3v) is 3.78. The van der Waals surface area contributed by atoms with Gasteiger partial charge in [0.05, 0.1) is 13.2 Å². The summed E-state index contributed by atoms with van der Waals surface area (Å²) in [5.74, 6) is 0.442. The molecule has 3 heteroatoms. The molecule has 0 aromatic heterocycles. The Bertz CT molecular complexity index is 442.